The minimum atomic E-state index is -3.83. The first kappa shape index (κ1) is 21.1. The van der Waals surface area contributed by atoms with Gasteiger partial charge in [-0.1, -0.05) is 0 Å². The summed E-state index contributed by atoms with van der Waals surface area (Å²) < 4.78 is 29.9. The van der Waals surface area contributed by atoms with Gasteiger partial charge in [0.15, 0.2) is 0 Å². The monoisotopic (exact) mass is 455 g/mol. The van der Waals surface area contributed by atoms with Crippen LogP contribution in [-0.4, -0.2) is 41.9 Å². The van der Waals surface area contributed by atoms with Crippen LogP contribution in [0.4, 0.5) is 5.69 Å². The Morgan fingerprint density at radius 1 is 1.23 bits per heavy atom. The van der Waals surface area contributed by atoms with E-state index in [0.717, 1.165) is 25.9 Å². The summed E-state index contributed by atoms with van der Waals surface area (Å²) >= 11 is 1.28. The van der Waals surface area contributed by atoms with Crippen LogP contribution in [0.5, 0.6) is 0 Å². The van der Waals surface area contributed by atoms with Gasteiger partial charge in [-0.2, -0.15) is 5.26 Å². The molecule has 3 aromatic rings. The van der Waals surface area contributed by atoms with Gasteiger partial charge >= 0.3 is 0 Å². The highest BCUT2D eigenvalue weighted by Crippen LogP contribution is 2.32. The number of aromatic nitrogens is 2. The summed E-state index contributed by atoms with van der Waals surface area (Å²) in [5, 5.41) is 9.48. The van der Waals surface area contributed by atoms with Gasteiger partial charge in [0.1, 0.15) is 14.8 Å². The van der Waals surface area contributed by atoms with Gasteiger partial charge in [0.2, 0.25) is 0 Å². The highest BCUT2D eigenvalue weighted by molar-refractivity contribution is 7.92. The summed E-state index contributed by atoms with van der Waals surface area (Å²) in [5.41, 5.74) is 2.09. The van der Waals surface area contributed by atoms with Crippen molar-refractivity contribution in [3.05, 3.63) is 52.7 Å². The number of benzene rings is 1. The van der Waals surface area contributed by atoms with Crippen LogP contribution < -0.4 is 4.72 Å². The summed E-state index contributed by atoms with van der Waals surface area (Å²) in [4.78, 5) is 19.8. The SMILES string of the molecule is Cc1nc(-c2cc(S(=O)(=O)Nc3ccc(C#N)cc3)cn2C)sc1C(=O)N1CCCC1. The maximum absolute atomic E-state index is 12.8. The van der Waals surface area contributed by atoms with Gasteiger partial charge in [-0.15, -0.1) is 11.3 Å². The van der Waals surface area contributed by atoms with Gasteiger partial charge in [0, 0.05) is 32.0 Å². The molecule has 0 aliphatic carbocycles. The standard InChI is InChI=1S/C21H21N5O3S2/c1-14-19(21(27)26-9-3-4-10-26)30-20(23-14)18-11-17(13-25(18)2)31(28,29)24-16-7-5-15(12-22)6-8-16/h5-8,11,13,24H,3-4,9-10H2,1-2H3. The number of thiazole rings is 1. The lowest BCUT2D eigenvalue weighted by Crippen LogP contribution is -2.27. The van der Waals surface area contributed by atoms with Gasteiger partial charge in [-0.25, -0.2) is 13.4 Å². The molecule has 1 fully saturated rings. The van der Waals surface area contributed by atoms with Crippen LogP contribution in [-0.2, 0) is 17.1 Å². The molecule has 1 aromatic carbocycles. The minimum Gasteiger partial charge on any atom is -0.347 e. The summed E-state index contributed by atoms with van der Waals surface area (Å²) in [6.07, 6.45) is 3.55. The summed E-state index contributed by atoms with van der Waals surface area (Å²) in [7, 11) is -2.08. The first-order valence-electron chi connectivity index (χ1n) is 9.75. The number of nitrogens with zero attached hydrogens (tertiary/aromatic N) is 4. The van der Waals surface area contributed by atoms with Crippen molar-refractivity contribution in [3.8, 4) is 16.8 Å². The van der Waals surface area contributed by atoms with Crippen molar-refractivity contribution in [1.82, 2.24) is 14.5 Å². The molecule has 0 bridgehead atoms. The number of hydrogen-bond acceptors (Lipinski definition) is 6. The normalized spacial score (nSPS) is 13.9. The first-order chi connectivity index (χ1) is 14.8. The fraction of sp³-hybridized carbons (Fsp3) is 0.286. The molecular formula is C21H21N5O3S2. The number of sulfonamides is 1. The predicted octanol–water partition coefficient (Wildman–Crippen LogP) is 3.37. The van der Waals surface area contributed by atoms with Crippen molar-refractivity contribution in [1.29, 1.82) is 5.26 Å². The van der Waals surface area contributed by atoms with Crippen LogP contribution in [0.1, 0.15) is 33.8 Å². The van der Waals surface area contributed by atoms with Gasteiger partial charge in [0.25, 0.3) is 15.9 Å². The maximum Gasteiger partial charge on any atom is 0.265 e. The molecule has 3 heterocycles. The fourth-order valence-corrected chi connectivity index (χ4v) is 5.71. The third kappa shape index (κ3) is 4.19. The lowest BCUT2D eigenvalue weighted by molar-refractivity contribution is 0.0796. The van der Waals surface area contributed by atoms with E-state index in [9.17, 15) is 13.2 Å². The molecule has 1 aliphatic rings. The molecule has 1 N–H and O–H groups in total. The highest BCUT2D eigenvalue weighted by Gasteiger charge is 2.26. The molecule has 0 spiro atoms. The van der Waals surface area contributed by atoms with Gasteiger partial charge in [-0.05, 0) is 50.1 Å². The Bertz CT molecular complexity index is 1280. The van der Waals surface area contributed by atoms with Gasteiger partial charge in [0.05, 0.1) is 23.0 Å². The van der Waals surface area contributed by atoms with Crippen LogP contribution in [0, 0.1) is 18.3 Å². The van der Waals surface area contributed by atoms with Crippen LogP contribution in [0.3, 0.4) is 0 Å². The summed E-state index contributed by atoms with van der Waals surface area (Å²) in [6.45, 7) is 3.33. The maximum atomic E-state index is 12.8. The number of nitrogens with one attached hydrogen (secondary N) is 1. The molecule has 0 unspecified atom stereocenters. The van der Waals surface area contributed by atoms with Crippen LogP contribution >= 0.6 is 11.3 Å². The highest BCUT2D eigenvalue weighted by atomic mass is 32.2. The number of likely N-dealkylation sites (tertiary alicyclic amines) is 1. The topological polar surface area (TPSA) is 108 Å². The van der Waals surface area contributed by atoms with Gasteiger partial charge < -0.3 is 9.47 Å². The van der Waals surface area contributed by atoms with Crippen molar-refractivity contribution < 1.29 is 13.2 Å². The Morgan fingerprint density at radius 3 is 2.55 bits per heavy atom. The average Bonchev–Trinajstić information content (AvgIpc) is 3.48. The second-order valence-corrected chi connectivity index (χ2v) is 10.1. The molecule has 8 nitrogen and oxygen atoms in total. The number of amides is 1. The predicted molar refractivity (Wildman–Crippen MR) is 118 cm³/mol. The van der Waals surface area contributed by atoms with Crippen molar-refractivity contribution in [2.45, 2.75) is 24.7 Å². The Kier molecular flexibility index (Phi) is 5.56. The number of nitriles is 1. The van der Waals surface area contributed by atoms with E-state index in [-0.39, 0.29) is 10.8 Å². The molecule has 10 heteroatoms. The minimum absolute atomic E-state index is 0.0108. The number of aryl methyl sites for hydroxylation is 2. The van der Waals surface area contributed by atoms with E-state index < -0.39 is 10.0 Å². The first-order valence-corrected chi connectivity index (χ1v) is 12.0. The molecule has 0 saturated carbocycles. The number of carbonyl (C=O) groups excluding carboxylic acids is 1. The van der Waals surface area contributed by atoms with E-state index >= 15 is 0 Å². The second-order valence-electron chi connectivity index (χ2n) is 7.40. The Morgan fingerprint density at radius 2 is 1.90 bits per heavy atom. The van der Waals surface area contributed by atoms with E-state index in [1.165, 1.54) is 17.5 Å². The molecule has 31 heavy (non-hydrogen) atoms. The van der Waals surface area contributed by atoms with Crippen LogP contribution in [0.25, 0.3) is 10.7 Å². The van der Waals surface area contributed by atoms with E-state index in [1.54, 1.807) is 48.9 Å². The average molecular weight is 456 g/mol. The molecule has 1 amide bonds. The zero-order valence-corrected chi connectivity index (χ0v) is 18.8. The number of anilines is 1. The molecule has 2 aromatic heterocycles. The molecule has 0 atom stereocenters. The zero-order valence-electron chi connectivity index (χ0n) is 17.1. The Hall–Kier alpha value is -3.16. The quantitative estimate of drug-likeness (QED) is 0.635. The number of carbonyl (C=O) groups is 1. The molecule has 1 aliphatic heterocycles. The summed E-state index contributed by atoms with van der Waals surface area (Å²) in [5.74, 6) is -0.0108. The largest absolute Gasteiger partial charge is 0.347 e. The van der Waals surface area contributed by atoms with Gasteiger partial charge in [-0.3, -0.25) is 9.52 Å². The lowest BCUT2D eigenvalue weighted by atomic mass is 10.2. The smallest absolute Gasteiger partial charge is 0.265 e. The Balaban J connectivity index is 1.60. The molecule has 4 rings (SSSR count). The van der Waals surface area contributed by atoms with Crippen LogP contribution in [0.2, 0.25) is 0 Å². The van der Waals surface area contributed by atoms with E-state index in [0.29, 0.717) is 32.5 Å². The molecule has 160 valence electrons. The van der Waals surface area contributed by atoms with Crippen molar-refractivity contribution in [2.75, 3.05) is 17.8 Å². The third-order valence-corrected chi connectivity index (χ3v) is 7.68. The fourth-order valence-electron chi connectivity index (χ4n) is 3.49. The third-order valence-electron chi connectivity index (χ3n) is 5.16. The Labute approximate surface area is 184 Å². The second kappa shape index (κ2) is 8.17. The van der Waals surface area contributed by atoms with Crippen LogP contribution in [0.15, 0.2) is 41.4 Å². The number of rotatable bonds is 5. The molecule has 1 saturated heterocycles. The summed E-state index contributed by atoms with van der Waals surface area (Å²) in [6, 6.07) is 9.72. The van der Waals surface area contributed by atoms with E-state index in [1.807, 2.05) is 11.0 Å². The van der Waals surface area contributed by atoms with E-state index in [2.05, 4.69) is 9.71 Å². The zero-order chi connectivity index (χ0) is 22.2. The molecule has 0 radical (unpaired) electrons. The van der Waals surface area contributed by atoms with E-state index in [4.69, 9.17) is 5.26 Å². The van der Waals surface area contributed by atoms with Crippen molar-refractivity contribution in [2.24, 2.45) is 7.05 Å². The molecular weight excluding hydrogens is 434 g/mol. The number of hydrogen-bond donors (Lipinski definition) is 1. The van der Waals surface area contributed by atoms with Crippen molar-refractivity contribution in [3.63, 3.8) is 0 Å². The van der Waals surface area contributed by atoms with Crippen molar-refractivity contribution >= 4 is 33.0 Å². The lowest BCUT2D eigenvalue weighted by Gasteiger charge is -2.13.